The fraction of sp³-hybridized carbons (Fsp3) is 0. The van der Waals surface area contributed by atoms with Crippen molar-refractivity contribution in [2.24, 2.45) is 0 Å². The maximum Gasteiger partial charge on any atom is 0.466 e. The normalized spacial score (nSPS) is 9.08. The Morgan fingerprint density at radius 2 is 0.538 bits per heavy atom. The van der Waals surface area contributed by atoms with Gasteiger partial charge in [0, 0.05) is 50.3 Å². The minimum absolute atomic E-state index is 0. The number of hydrogen-bond acceptors (Lipinski definition) is 2. The molecule has 0 aromatic heterocycles. The number of hydrogen-bond donors (Lipinski definition) is 6. The fourth-order valence-electron chi connectivity index (χ4n) is 0. The van der Waals surface area contributed by atoms with E-state index in [4.69, 9.17) is 38.5 Å². The molecule has 0 saturated carbocycles. The van der Waals surface area contributed by atoms with Gasteiger partial charge in [-0.25, -0.2) is 9.13 Å². The van der Waals surface area contributed by atoms with Crippen LogP contribution in [0.2, 0.25) is 0 Å². The van der Waals surface area contributed by atoms with Crippen molar-refractivity contribution in [2.75, 3.05) is 0 Å². The zero-order chi connectivity index (χ0) is 9.00. The van der Waals surface area contributed by atoms with Crippen molar-refractivity contribution in [3.8, 4) is 0 Å². The number of rotatable bonds is 0. The number of phosphoric acid groups is 2. The van der Waals surface area contributed by atoms with Crippen LogP contribution >= 0.6 is 15.6 Å². The van der Waals surface area contributed by atoms with Crippen LogP contribution in [-0.4, -0.2) is 29.4 Å². The standard InChI is InChI=1S/3Co.2H3O4P/c;;;2*1-5(2,3)4/h;;;2*(H3,1,2,3,4). The van der Waals surface area contributed by atoms with Crippen LogP contribution in [0.3, 0.4) is 0 Å². The Kier molecular flexibility index (Phi) is 26.7. The van der Waals surface area contributed by atoms with Gasteiger partial charge in [-0.15, -0.1) is 0 Å². The van der Waals surface area contributed by atoms with Crippen LogP contribution in [0.4, 0.5) is 0 Å². The summed E-state index contributed by atoms with van der Waals surface area (Å²) in [5.74, 6) is 0. The van der Waals surface area contributed by atoms with Gasteiger partial charge in [-0.1, -0.05) is 0 Å². The third-order valence-corrected chi connectivity index (χ3v) is 0. The van der Waals surface area contributed by atoms with E-state index in [1.807, 2.05) is 0 Å². The first-order valence-corrected chi connectivity index (χ1v) is 4.70. The molecule has 0 saturated heterocycles. The van der Waals surface area contributed by atoms with E-state index in [1.165, 1.54) is 0 Å². The average molecular weight is 373 g/mol. The molecule has 0 fully saturated rings. The summed E-state index contributed by atoms with van der Waals surface area (Å²) in [6, 6.07) is 0. The predicted molar refractivity (Wildman–Crippen MR) is 28.5 cm³/mol. The molecule has 0 unspecified atom stereocenters. The van der Waals surface area contributed by atoms with E-state index in [0.717, 1.165) is 0 Å². The minimum Gasteiger partial charge on any atom is -0.303 e. The molecule has 6 N–H and O–H groups in total. The molecule has 13 heavy (non-hydrogen) atoms. The quantitative estimate of drug-likeness (QED) is 0.270. The van der Waals surface area contributed by atoms with Crippen molar-refractivity contribution in [3.05, 3.63) is 0 Å². The van der Waals surface area contributed by atoms with Crippen molar-refractivity contribution >= 4 is 15.6 Å². The molecule has 0 bridgehead atoms. The van der Waals surface area contributed by atoms with Crippen molar-refractivity contribution < 1.29 is 88.8 Å². The smallest absolute Gasteiger partial charge is 0.303 e. The Morgan fingerprint density at radius 3 is 0.538 bits per heavy atom. The molecule has 0 heterocycles. The SMILES string of the molecule is O=P(O)(O)O.O=P(O)(O)O.[Co].[Co].[Co]. The molecule has 0 aromatic rings. The van der Waals surface area contributed by atoms with Crippen LogP contribution in [0.1, 0.15) is 0 Å². The summed E-state index contributed by atoms with van der Waals surface area (Å²) >= 11 is 0. The van der Waals surface area contributed by atoms with Crippen molar-refractivity contribution in [1.29, 1.82) is 0 Å². The fourth-order valence-corrected chi connectivity index (χ4v) is 0. The van der Waals surface area contributed by atoms with Crippen LogP contribution in [0.25, 0.3) is 0 Å². The molecule has 13 heteroatoms. The molecule has 0 rings (SSSR count). The predicted octanol–water partition coefficient (Wildman–Crippen LogP) is -1.86. The van der Waals surface area contributed by atoms with Gasteiger partial charge in [0.2, 0.25) is 0 Å². The van der Waals surface area contributed by atoms with Gasteiger partial charge in [0.15, 0.2) is 0 Å². The van der Waals surface area contributed by atoms with Crippen molar-refractivity contribution in [3.63, 3.8) is 0 Å². The Bertz CT molecular complexity index is 130. The van der Waals surface area contributed by atoms with Crippen LogP contribution < -0.4 is 0 Å². The molecule has 0 spiro atoms. The molecule has 0 amide bonds. The summed E-state index contributed by atoms with van der Waals surface area (Å²) in [7, 11) is -9.28. The largest absolute Gasteiger partial charge is 0.466 e. The first-order valence-electron chi connectivity index (χ1n) is 1.57. The summed E-state index contributed by atoms with van der Waals surface area (Å²) in [5.41, 5.74) is 0. The van der Waals surface area contributed by atoms with Crippen LogP contribution in [0.5, 0.6) is 0 Å². The van der Waals surface area contributed by atoms with E-state index in [-0.39, 0.29) is 50.3 Å². The molecule has 0 aromatic carbocycles. The Labute approximate surface area is 104 Å². The van der Waals surface area contributed by atoms with Gasteiger partial charge in [0.1, 0.15) is 0 Å². The van der Waals surface area contributed by atoms with E-state index in [2.05, 4.69) is 0 Å². The Hall–Kier alpha value is 1.74. The summed E-state index contributed by atoms with van der Waals surface area (Å²) in [6.07, 6.45) is 0. The van der Waals surface area contributed by atoms with Crippen LogP contribution in [-0.2, 0) is 59.5 Å². The van der Waals surface area contributed by atoms with Crippen molar-refractivity contribution in [1.82, 2.24) is 0 Å². The Morgan fingerprint density at radius 1 is 0.538 bits per heavy atom. The molecule has 0 atom stereocenters. The first-order chi connectivity index (χ1) is 4.00. The second-order valence-electron chi connectivity index (χ2n) is 1.03. The summed E-state index contributed by atoms with van der Waals surface area (Å²) in [6.45, 7) is 0. The third kappa shape index (κ3) is 626. The average Bonchev–Trinajstić information content (AvgIpc) is 1.12. The van der Waals surface area contributed by atoms with E-state index in [1.54, 1.807) is 0 Å². The third-order valence-electron chi connectivity index (χ3n) is 0. The second kappa shape index (κ2) is 11.8. The van der Waals surface area contributed by atoms with E-state index in [9.17, 15) is 0 Å². The molecule has 0 aliphatic rings. The maximum absolute atomic E-state index is 8.88. The van der Waals surface area contributed by atoms with Crippen LogP contribution in [0, 0.1) is 0 Å². The van der Waals surface area contributed by atoms with E-state index >= 15 is 0 Å². The van der Waals surface area contributed by atoms with Gasteiger partial charge in [-0.2, -0.15) is 0 Å². The second-order valence-corrected chi connectivity index (χ2v) is 3.08. The summed E-state index contributed by atoms with van der Waals surface area (Å²) in [4.78, 5) is 43.1. The molecular weight excluding hydrogens is 367 g/mol. The molecular formula is H6Co3O8P2. The van der Waals surface area contributed by atoms with Gasteiger partial charge in [-0.05, 0) is 0 Å². The van der Waals surface area contributed by atoms with Gasteiger partial charge >= 0.3 is 15.6 Å². The molecule has 3 radical (unpaired) electrons. The van der Waals surface area contributed by atoms with Crippen LogP contribution in [0.15, 0.2) is 0 Å². The first kappa shape index (κ1) is 29.3. The zero-order valence-corrected chi connectivity index (χ0v) is 10.3. The monoisotopic (exact) mass is 373 g/mol. The molecule has 0 aliphatic carbocycles. The zero-order valence-electron chi connectivity index (χ0n) is 5.39. The van der Waals surface area contributed by atoms with E-state index in [0.29, 0.717) is 0 Å². The van der Waals surface area contributed by atoms with Gasteiger partial charge in [0.05, 0.1) is 0 Å². The maximum atomic E-state index is 8.88. The van der Waals surface area contributed by atoms with Gasteiger partial charge in [0.25, 0.3) is 0 Å². The summed E-state index contributed by atoms with van der Waals surface area (Å²) < 4.78 is 17.8. The molecule has 8 nitrogen and oxygen atoms in total. The molecule has 91 valence electrons. The van der Waals surface area contributed by atoms with Gasteiger partial charge < -0.3 is 29.4 Å². The minimum atomic E-state index is -4.64. The Balaban J connectivity index is -0.0000000267. The summed E-state index contributed by atoms with van der Waals surface area (Å²) in [5, 5.41) is 0. The topological polar surface area (TPSA) is 156 Å². The molecule has 0 aliphatic heterocycles. The van der Waals surface area contributed by atoms with Crippen molar-refractivity contribution in [2.45, 2.75) is 0 Å². The van der Waals surface area contributed by atoms with E-state index < -0.39 is 15.6 Å². The van der Waals surface area contributed by atoms with Gasteiger partial charge in [-0.3, -0.25) is 0 Å².